The van der Waals surface area contributed by atoms with Crippen LogP contribution < -0.4 is 0 Å². The lowest BCUT2D eigenvalue weighted by molar-refractivity contribution is 0.136. The Hall–Kier alpha value is 0.100. The van der Waals surface area contributed by atoms with Gasteiger partial charge in [-0.05, 0) is 33.3 Å². The molecule has 0 saturated heterocycles. The second kappa shape index (κ2) is 7.43. The van der Waals surface area contributed by atoms with E-state index in [1.165, 1.54) is 9.35 Å². The highest BCUT2D eigenvalue weighted by Crippen LogP contribution is 2.24. The summed E-state index contributed by atoms with van der Waals surface area (Å²) in [5.41, 5.74) is 0. The van der Waals surface area contributed by atoms with Crippen LogP contribution in [0.25, 0.3) is 0 Å². The number of hydrogen-bond donors (Lipinski definition) is 0. The van der Waals surface area contributed by atoms with Crippen molar-refractivity contribution in [2.24, 2.45) is 5.92 Å². The molecule has 0 aliphatic carbocycles. The average Bonchev–Trinajstić information content (AvgIpc) is 2.60. The molecule has 0 N–H and O–H groups in total. The predicted molar refractivity (Wildman–Crippen MR) is 74.0 cm³/mol. The lowest BCUT2D eigenvalue weighted by Gasteiger charge is -2.23. The van der Waals surface area contributed by atoms with E-state index in [9.17, 15) is 0 Å². The summed E-state index contributed by atoms with van der Waals surface area (Å²) in [5, 5.41) is 2.13. The summed E-state index contributed by atoms with van der Waals surface area (Å²) >= 11 is 5.39. The van der Waals surface area contributed by atoms with E-state index in [1.54, 1.807) is 7.11 Å². The maximum atomic E-state index is 5.15. The first-order valence-corrected chi connectivity index (χ1v) is 7.24. The molecule has 16 heavy (non-hydrogen) atoms. The molecule has 0 bridgehead atoms. The second-order valence-electron chi connectivity index (χ2n) is 4.31. The molecule has 1 aromatic heterocycles. The zero-order chi connectivity index (χ0) is 12.0. The molecule has 92 valence electrons. The van der Waals surface area contributed by atoms with E-state index in [-0.39, 0.29) is 0 Å². The third kappa shape index (κ3) is 4.95. The van der Waals surface area contributed by atoms with Crippen LogP contribution in [0, 0.1) is 5.92 Å². The Balaban J connectivity index is 2.52. The first-order valence-electron chi connectivity index (χ1n) is 5.56. The van der Waals surface area contributed by atoms with Gasteiger partial charge in [-0.15, -0.1) is 11.3 Å². The molecule has 0 saturated carbocycles. The summed E-state index contributed by atoms with van der Waals surface area (Å²) in [7, 11) is 1.76. The van der Waals surface area contributed by atoms with E-state index in [1.807, 2.05) is 11.3 Å². The lowest BCUT2D eigenvalue weighted by Crippen LogP contribution is -2.30. The van der Waals surface area contributed by atoms with Crippen molar-refractivity contribution in [1.82, 2.24) is 4.90 Å². The molecule has 1 heterocycles. The molecule has 0 aliphatic rings. The van der Waals surface area contributed by atoms with Crippen LogP contribution in [0.5, 0.6) is 0 Å². The normalized spacial score (nSPS) is 11.6. The Morgan fingerprint density at radius 3 is 2.75 bits per heavy atom. The summed E-state index contributed by atoms with van der Waals surface area (Å²) in [5.74, 6) is 0.690. The SMILES string of the molecule is COCCN(Cc1sccc1Br)CC(C)C. The van der Waals surface area contributed by atoms with Crippen molar-refractivity contribution in [3.8, 4) is 0 Å². The first kappa shape index (κ1) is 14.2. The molecule has 0 unspecified atom stereocenters. The molecule has 0 aromatic carbocycles. The van der Waals surface area contributed by atoms with Crippen LogP contribution in [0.15, 0.2) is 15.9 Å². The quantitative estimate of drug-likeness (QED) is 0.763. The molecule has 0 fully saturated rings. The van der Waals surface area contributed by atoms with Crippen LogP contribution >= 0.6 is 27.3 Å². The van der Waals surface area contributed by atoms with Gasteiger partial charge in [-0.2, -0.15) is 0 Å². The molecule has 0 spiro atoms. The molecule has 0 aliphatic heterocycles. The zero-order valence-electron chi connectivity index (χ0n) is 10.2. The van der Waals surface area contributed by atoms with Crippen LogP contribution in [0.2, 0.25) is 0 Å². The lowest BCUT2D eigenvalue weighted by atomic mass is 10.2. The summed E-state index contributed by atoms with van der Waals surface area (Å²) in [4.78, 5) is 3.85. The van der Waals surface area contributed by atoms with E-state index >= 15 is 0 Å². The number of hydrogen-bond acceptors (Lipinski definition) is 3. The first-order chi connectivity index (χ1) is 7.63. The molecule has 0 amide bonds. The van der Waals surface area contributed by atoms with Gasteiger partial charge in [-0.3, -0.25) is 4.90 Å². The monoisotopic (exact) mass is 305 g/mol. The maximum absolute atomic E-state index is 5.15. The smallest absolute Gasteiger partial charge is 0.0589 e. The fraction of sp³-hybridized carbons (Fsp3) is 0.667. The van der Waals surface area contributed by atoms with Crippen LogP contribution in [-0.2, 0) is 11.3 Å². The third-order valence-electron chi connectivity index (χ3n) is 2.29. The number of nitrogens with zero attached hydrogens (tertiary/aromatic N) is 1. The van der Waals surface area contributed by atoms with Crippen LogP contribution in [-0.4, -0.2) is 31.7 Å². The fourth-order valence-electron chi connectivity index (χ4n) is 1.61. The molecule has 2 nitrogen and oxygen atoms in total. The number of halogens is 1. The van der Waals surface area contributed by atoms with Gasteiger partial charge in [0, 0.05) is 36.1 Å². The van der Waals surface area contributed by atoms with E-state index in [2.05, 4.69) is 46.1 Å². The minimum absolute atomic E-state index is 0.690. The van der Waals surface area contributed by atoms with Gasteiger partial charge >= 0.3 is 0 Å². The predicted octanol–water partition coefficient (Wildman–Crippen LogP) is 3.62. The molecule has 1 rings (SSSR count). The number of methoxy groups -OCH3 is 1. The minimum atomic E-state index is 0.690. The highest BCUT2D eigenvalue weighted by Gasteiger charge is 2.10. The topological polar surface area (TPSA) is 12.5 Å². The molecular weight excluding hydrogens is 286 g/mol. The van der Waals surface area contributed by atoms with Gasteiger partial charge in [-0.25, -0.2) is 0 Å². The van der Waals surface area contributed by atoms with E-state index in [0.29, 0.717) is 5.92 Å². The standard InChI is InChI=1S/C12H20BrNOS/c1-10(2)8-14(5-6-15-3)9-12-11(13)4-7-16-12/h4,7,10H,5-6,8-9H2,1-3H3. The summed E-state index contributed by atoms with van der Waals surface area (Å²) in [6, 6.07) is 2.11. The van der Waals surface area contributed by atoms with Gasteiger partial charge in [0.05, 0.1) is 6.61 Å². The highest BCUT2D eigenvalue weighted by molar-refractivity contribution is 9.10. The summed E-state index contributed by atoms with van der Waals surface area (Å²) in [6.45, 7) is 8.44. The molecule has 1 aromatic rings. The largest absolute Gasteiger partial charge is 0.383 e. The maximum Gasteiger partial charge on any atom is 0.0589 e. The third-order valence-corrected chi connectivity index (χ3v) is 4.20. The Morgan fingerprint density at radius 1 is 1.50 bits per heavy atom. The molecule has 4 heteroatoms. The van der Waals surface area contributed by atoms with E-state index in [0.717, 1.165) is 26.2 Å². The Kier molecular flexibility index (Phi) is 6.58. The molecular formula is C12H20BrNOS. The van der Waals surface area contributed by atoms with Gasteiger partial charge in [0.1, 0.15) is 0 Å². The van der Waals surface area contributed by atoms with Crippen molar-refractivity contribution in [3.63, 3.8) is 0 Å². The molecule has 0 radical (unpaired) electrons. The van der Waals surface area contributed by atoms with Gasteiger partial charge in [0.25, 0.3) is 0 Å². The van der Waals surface area contributed by atoms with Gasteiger partial charge in [0.15, 0.2) is 0 Å². The Labute approximate surface area is 111 Å². The number of rotatable bonds is 7. The van der Waals surface area contributed by atoms with Crippen LogP contribution in [0.1, 0.15) is 18.7 Å². The highest BCUT2D eigenvalue weighted by atomic mass is 79.9. The van der Waals surface area contributed by atoms with E-state index < -0.39 is 0 Å². The van der Waals surface area contributed by atoms with Crippen molar-refractivity contribution < 1.29 is 4.74 Å². The van der Waals surface area contributed by atoms with Crippen molar-refractivity contribution >= 4 is 27.3 Å². The summed E-state index contributed by atoms with van der Waals surface area (Å²) in [6.07, 6.45) is 0. The van der Waals surface area contributed by atoms with Gasteiger partial charge in [-0.1, -0.05) is 13.8 Å². The van der Waals surface area contributed by atoms with Crippen molar-refractivity contribution in [1.29, 1.82) is 0 Å². The van der Waals surface area contributed by atoms with Crippen molar-refractivity contribution in [2.45, 2.75) is 20.4 Å². The van der Waals surface area contributed by atoms with Crippen molar-refractivity contribution in [2.75, 3.05) is 26.8 Å². The van der Waals surface area contributed by atoms with Crippen LogP contribution in [0.3, 0.4) is 0 Å². The van der Waals surface area contributed by atoms with Crippen molar-refractivity contribution in [3.05, 3.63) is 20.8 Å². The van der Waals surface area contributed by atoms with Gasteiger partial charge < -0.3 is 4.74 Å². The summed E-state index contributed by atoms with van der Waals surface area (Å²) < 4.78 is 6.38. The molecule has 0 atom stereocenters. The zero-order valence-corrected chi connectivity index (χ0v) is 12.6. The fourth-order valence-corrected chi connectivity index (χ4v) is 3.13. The Bertz CT molecular complexity index is 301. The second-order valence-corrected chi connectivity index (χ2v) is 6.17. The number of ether oxygens (including phenoxy) is 1. The Morgan fingerprint density at radius 2 is 2.25 bits per heavy atom. The minimum Gasteiger partial charge on any atom is -0.383 e. The van der Waals surface area contributed by atoms with Gasteiger partial charge in [0.2, 0.25) is 0 Å². The van der Waals surface area contributed by atoms with Crippen LogP contribution in [0.4, 0.5) is 0 Å². The average molecular weight is 306 g/mol. The van der Waals surface area contributed by atoms with E-state index in [4.69, 9.17) is 4.74 Å². The number of thiophene rings is 1.